The van der Waals surface area contributed by atoms with Gasteiger partial charge in [-0.1, -0.05) is 11.6 Å². The number of nitrogens with zero attached hydrogens (tertiary/aromatic N) is 1. The van der Waals surface area contributed by atoms with Crippen LogP contribution in [0.4, 0.5) is 5.69 Å². The van der Waals surface area contributed by atoms with Gasteiger partial charge < -0.3 is 10.6 Å². The molecule has 6 heteroatoms. The number of hydrogen-bond acceptors (Lipinski definition) is 3. The van der Waals surface area contributed by atoms with Crippen molar-refractivity contribution < 1.29 is 9.59 Å². The zero-order chi connectivity index (χ0) is 13.1. The van der Waals surface area contributed by atoms with E-state index in [0.29, 0.717) is 25.1 Å². The number of halogens is 1. The van der Waals surface area contributed by atoms with Crippen molar-refractivity contribution >= 4 is 29.1 Å². The van der Waals surface area contributed by atoms with Crippen molar-refractivity contribution in [2.45, 2.75) is 19.8 Å². The van der Waals surface area contributed by atoms with Crippen LogP contribution in [0, 0.1) is 12.8 Å². The average Bonchev–Trinajstić information content (AvgIpc) is 2.34. The first-order valence-corrected chi connectivity index (χ1v) is 6.14. The fourth-order valence-corrected chi connectivity index (χ4v) is 1.98. The molecule has 0 bridgehead atoms. The smallest absolute Gasteiger partial charge is 0.229 e. The van der Waals surface area contributed by atoms with Crippen LogP contribution in [-0.4, -0.2) is 23.3 Å². The first-order chi connectivity index (χ1) is 8.56. The highest BCUT2D eigenvalue weighted by Gasteiger charge is 2.24. The molecule has 0 radical (unpaired) electrons. The molecular weight excluding hydrogens is 254 g/mol. The standard InChI is InChI=1S/C12H14ClN3O2/c1-7-4-9(11(13)15-5-7)16-12(18)8-2-3-10(17)14-6-8/h4-5,8H,2-3,6H2,1H3,(H,14,17)(H,16,18). The summed E-state index contributed by atoms with van der Waals surface area (Å²) in [5.74, 6) is -0.349. The van der Waals surface area contributed by atoms with Crippen LogP contribution in [0.3, 0.4) is 0 Å². The number of aromatic nitrogens is 1. The molecule has 1 aliphatic rings. The number of piperidine rings is 1. The van der Waals surface area contributed by atoms with Gasteiger partial charge in [0.2, 0.25) is 11.8 Å². The van der Waals surface area contributed by atoms with E-state index >= 15 is 0 Å². The van der Waals surface area contributed by atoms with E-state index < -0.39 is 0 Å². The van der Waals surface area contributed by atoms with Crippen molar-refractivity contribution in [2.24, 2.45) is 5.92 Å². The van der Waals surface area contributed by atoms with Gasteiger partial charge in [0.25, 0.3) is 0 Å². The van der Waals surface area contributed by atoms with Crippen LogP contribution in [0.5, 0.6) is 0 Å². The van der Waals surface area contributed by atoms with E-state index in [9.17, 15) is 9.59 Å². The molecule has 2 heterocycles. The van der Waals surface area contributed by atoms with Crippen LogP contribution in [0.1, 0.15) is 18.4 Å². The SMILES string of the molecule is Cc1cnc(Cl)c(NC(=O)C2CCC(=O)NC2)c1. The molecule has 2 rings (SSSR count). The van der Waals surface area contributed by atoms with Gasteiger partial charge in [-0.3, -0.25) is 9.59 Å². The minimum atomic E-state index is -0.209. The second-order valence-electron chi connectivity index (χ2n) is 4.38. The molecule has 18 heavy (non-hydrogen) atoms. The first kappa shape index (κ1) is 12.8. The summed E-state index contributed by atoms with van der Waals surface area (Å²) in [4.78, 5) is 27.0. The van der Waals surface area contributed by atoms with Crippen molar-refractivity contribution in [3.63, 3.8) is 0 Å². The topological polar surface area (TPSA) is 71.1 Å². The fourth-order valence-electron chi connectivity index (χ4n) is 1.83. The molecule has 1 atom stereocenters. The number of nitrogens with one attached hydrogen (secondary N) is 2. The molecule has 1 fully saturated rings. The molecule has 0 spiro atoms. The Bertz CT molecular complexity index is 480. The summed E-state index contributed by atoms with van der Waals surface area (Å²) in [6.07, 6.45) is 2.59. The summed E-state index contributed by atoms with van der Waals surface area (Å²) < 4.78 is 0. The quantitative estimate of drug-likeness (QED) is 0.798. The Morgan fingerprint density at radius 3 is 3.06 bits per heavy atom. The molecule has 1 aliphatic heterocycles. The molecule has 2 N–H and O–H groups in total. The van der Waals surface area contributed by atoms with Crippen LogP contribution in [0.15, 0.2) is 12.3 Å². The van der Waals surface area contributed by atoms with Crippen LogP contribution >= 0.6 is 11.6 Å². The molecule has 0 aromatic carbocycles. The second-order valence-corrected chi connectivity index (χ2v) is 4.74. The summed E-state index contributed by atoms with van der Waals surface area (Å²) in [7, 11) is 0. The minimum absolute atomic E-state index is 0.00527. The van der Waals surface area contributed by atoms with Crippen molar-refractivity contribution in [1.82, 2.24) is 10.3 Å². The highest BCUT2D eigenvalue weighted by Crippen LogP contribution is 2.21. The molecule has 0 saturated carbocycles. The van der Waals surface area contributed by atoms with Gasteiger partial charge in [0, 0.05) is 19.2 Å². The molecule has 0 aliphatic carbocycles. The third kappa shape index (κ3) is 2.98. The number of pyridine rings is 1. The predicted molar refractivity (Wildman–Crippen MR) is 68.3 cm³/mol. The molecule has 96 valence electrons. The average molecular weight is 268 g/mol. The number of anilines is 1. The normalized spacial score (nSPS) is 19.2. The molecule has 1 saturated heterocycles. The zero-order valence-corrected chi connectivity index (χ0v) is 10.8. The van der Waals surface area contributed by atoms with Crippen LogP contribution < -0.4 is 10.6 Å². The third-order valence-corrected chi connectivity index (χ3v) is 3.17. The van der Waals surface area contributed by atoms with E-state index in [1.807, 2.05) is 6.92 Å². The highest BCUT2D eigenvalue weighted by molar-refractivity contribution is 6.32. The summed E-state index contributed by atoms with van der Waals surface area (Å²) in [5, 5.41) is 5.70. The van der Waals surface area contributed by atoms with Crippen LogP contribution in [0.2, 0.25) is 5.15 Å². The summed E-state index contributed by atoms with van der Waals surface area (Å²) >= 11 is 5.91. The van der Waals surface area contributed by atoms with E-state index in [2.05, 4.69) is 15.6 Å². The number of aryl methyl sites for hydroxylation is 1. The van der Waals surface area contributed by atoms with Gasteiger partial charge in [0.1, 0.15) is 0 Å². The van der Waals surface area contributed by atoms with E-state index in [4.69, 9.17) is 11.6 Å². The molecular formula is C12H14ClN3O2. The highest BCUT2D eigenvalue weighted by atomic mass is 35.5. The van der Waals surface area contributed by atoms with Gasteiger partial charge >= 0.3 is 0 Å². The predicted octanol–water partition coefficient (Wildman–Crippen LogP) is 1.51. The Morgan fingerprint density at radius 1 is 1.61 bits per heavy atom. The Labute approximate surface area is 110 Å². The van der Waals surface area contributed by atoms with Crippen LogP contribution in [-0.2, 0) is 9.59 Å². The number of rotatable bonds is 2. The van der Waals surface area contributed by atoms with Crippen molar-refractivity contribution in [2.75, 3.05) is 11.9 Å². The Balaban J connectivity index is 2.02. The van der Waals surface area contributed by atoms with E-state index in [-0.39, 0.29) is 22.9 Å². The number of hydrogen-bond donors (Lipinski definition) is 2. The Hall–Kier alpha value is -1.62. The first-order valence-electron chi connectivity index (χ1n) is 5.76. The monoisotopic (exact) mass is 267 g/mol. The van der Waals surface area contributed by atoms with Crippen LogP contribution in [0.25, 0.3) is 0 Å². The van der Waals surface area contributed by atoms with Gasteiger partial charge in [0.05, 0.1) is 11.6 Å². The van der Waals surface area contributed by atoms with Gasteiger partial charge in [-0.05, 0) is 25.0 Å². The Kier molecular flexibility index (Phi) is 3.81. The maximum atomic E-state index is 12.0. The lowest BCUT2D eigenvalue weighted by Crippen LogP contribution is -2.40. The fraction of sp³-hybridized carbons (Fsp3) is 0.417. The number of carbonyl (C=O) groups excluding carboxylic acids is 2. The van der Waals surface area contributed by atoms with Gasteiger partial charge in [-0.25, -0.2) is 4.98 Å². The third-order valence-electron chi connectivity index (χ3n) is 2.87. The summed E-state index contributed by atoms with van der Waals surface area (Å²) in [6, 6.07) is 1.77. The lowest BCUT2D eigenvalue weighted by atomic mass is 9.98. The number of amides is 2. The van der Waals surface area contributed by atoms with Gasteiger partial charge in [0.15, 0.2) is 5.15 Å². The maximum absolute atomic E-state index is 12.0. The summed E-state index contributed by atoms with van der Waals surface area (Å²) in [5.41, 5.74) is 1.44. The number of carbonyl (C=O) groups is 2. The van der Waals surface area contributed by atoms with E-state index in [1.54, 1.807) is 12.3 Å². The molecule has 1 aromatic rings. The van der Waals surface area contributed by atoms with E-state index in [1.165, 1.54) is 0 Å². The minimum Gasteiger partial charge on any atom is -0.355 e. The Morgan fingerprint density at radius 2 is 2.39 bits per heavy atom. The lowest BCUT2D eigenvalue weighted by Gasteiger charge is -2.21. The molecule has 5 nitrogen and oxygen atoms in total. The molecule has 2 amide bonds. The van der Waals surface area contributed by atoms with Gasteiger partial charge in [-0.15, -0.1) is 0 Å². The lowest BCUT2D eigenvalue weighted by molar-refractivity contribution is -0.126. The van der Waals surface area contributed by atoms with E-state index in [0.717, 1.165) is 5.56 Å². The maximum Gasteiger partial charge on any atom is 0.229 e. The van der Waals surface area contributed by atoms with Gasteiger partial charge in [-0.2, -0.15) is 0 Å². The second kappa shape index (κ2) is 5.35. The van der Waals surface area contributed by atoms with Crippen molar-refractivity contribution in [1.29, 1.82) is 0 Å². The molecule has 1 aromatic heterocycles. The molecule has 1 unspecified atom stereocenters. The van der Waals surface area contributed by atoms with Crippen molar-refractivity contribution in [3.8, 4) is 0 Å². The van der Waals surface area contributed by atoms with Crippen molar-refractivity contribution in [3.05, 3.63) is 23.0 Å². The zero-order valence-electron chi connectivity index (χ0n) is 10.00. The largest absolute Gasteiger partial charge is 0.355 e. The summed E-state index contributed by atoms with van der Waals surface area (Å²) in [6.45, 7) is 2.25.